The standard InChI is InChI=1S/C18H31N9.HI/c1-3-19-18(20-8-4-5-9-26-14-21-22-15-26)24-16-7-6-10-27(12-16)17-11-23-25(2)13-17;/h11,13-16H,3-10,12H2,1-2H3,(H2,19,20,24);1H. The van der Waals surface area contributed by atoms with Gasteiger partial charge < -0.3 is 20.1 Å². The Labute approximate surface area is 184 Å². The minimum absolute atomic E-state index is 0. The molecule has 1 unspecified atom stereocenters. The number of nitrogens with one attached hydrogen (secondary N) is 2. The molecule has 156 valence electrons. The summed E-state index contributed by atoms with van der Waals surface area (Å²) >= 11 is 0. The molecule has 1 saturated heterocycles. The highest BCUT2D eigenvalue weighted by atomic mass is 127. The lowest BCUT2D eigenvalue weighted by Crippen LogP contribution is -2.51. The summed E-state index contributed by atoms with van der Waals surface area (Å²) in [5.74, 6) is 0.917. The molecule has 2 N–H and O–H groups in total. The fourth-order valence-electron chi connectivity index (χ4n) is 3.35. The van der Waals surface area contributed by atoms with E-state index in [1.54, 1.807) is 12.7 Å². The highest BCUT2D eigenvalue weighted by Gasteiger charge is 2.21. The molecule has 1 aliphatic heterocycles. The Morgan fingerprint density at radius 2 is 2.11 bits per heavy atom. The lowest BCUT2D eigenvalue weighted by Gasteiger charge is -2.34. The first-order valence-corrected chi connectivity index (χ1v) is 9.85. The van der Waals surface area contributed by atoms with Crippen LogP contribution in [-0.2, 0) is 13.6 Å². The summed E-state index contributed by atoms with van der Waals surface area (Å²) in [6.45, 7) is 6.79. The summed E-state index contributed by atoms with van der Waals surface area (Å²) in [6, 6.07) is 0.397. The molecular formula is C18H32IN9. The maximum Gasteiger partial charge on any atom is 0.191 e. The Bertz CT molecular complexity index is 698. The molecule has 10 heteroatoms. The third-order valence-corrected chi connectivity index (χ3v) is 4.72. The maximum absolute atomic E-state index is 4.75. The van der Waals surface area contributed by atoms with Crippen LogP contribution in [0.1, 0.15) is 32.6 Å². The van der Waals surface area contributed by atoms with Crippen molar-refractivity contribution in [3.05, 3.63) is 25.0 Å². The van der Waals surface area contributed by atoms with E-state index in [0.29, 0.717) is 6.04 Å². The summed E-state index contributed by atoms with van der Waals surface area (Å²) in [5.41, 5.74) is 1.19. The average Bonchev–Trinajstić information content (AvgIpc) is 3.33. The Morgan fingerprint density at radius 1 is 1.29 bits per heavy atom. The van der Waals surface area contributed by atoms with E-state index in [-0.39, 0.29) is 24.0 Å². The van der Waals surface area contributed by atoms with Crippen LogP contribution >= 0.6 is 24.0 Å². The second-order valence-corrected chi connectivity index (χ2v) is 6.97. The van der Waals surface area contributed by atoms with E-state index in [0.717, 1.165) is 57.9 Å². The van der Waals surface area contributed by atoms with Gasteiger partial charge in [-0.05, 0) is 32.6 Å². The van der Waals surface area contributed by atoms with Gasteiger partial charge >= 0.3 is 0 Å². The van der Waals surface area contributed by atoms with E-state index < -0.39 is 0 Å². The Balaban J connectivity index is 0.00000280. The van der Waals surface area contributed by atoms with Crippen molar-refractivity contribution in [2.45, 2.75) is 45.2 Å². The normalized spacial score (nSPS) is 17.3. The van der Waals surface area contributed by atoms with Crippen LogP contribution in [0.5, 0.6) is 0 Å². The van der Waals surface area contributed by atoms with Gasteiger partial charge in [0.05, 0.1) is 11.9 Å². The number of halogens is 1. The number of anilines is 1. The van der Waals surface area contributed by atoms with Crippen molar-refractivity contribution >= 4 is 35.6 Å². The van der Waals surface area contributed by atoms with Gasteiger partial charge in [0.15, 0.2) is 5.96 Å². The zero-order valence-corrected chi connectivity index (χ0v) is 19.1. The van der Waals surface area contributed by atoms with Crippen molar-refractivity contribution in [2.24, 2.45) is 12.0 Å². The molecule has 0 spiro atoms. The van der Waals surface area contributed by atoms with Gasteiger partial charge in [0.1, 0.15) is 12.7 Å². The van der Waals surface area contributed by atoms with Crippen molar-refractivity contribution in [3.8, 4) is 0 Å². The Kier molecular flexibility index (Phi) is 9.51. The highest BCUT2D eigenvalue weighted by Crippen LogP contribution is 2.18. The number of aliphatic imine (C=N–C) groups is 1. The molecule has 0 aromatic carbocycles. The van der Waals surface area contributed by atoms with E-state index in [4.69, 9.17) is 4.99 Å². The lowest BCUT2D eigenvalue weighted by molar-refractivity contribution is 0.467. The molecule has 3 rings (SSSR count). The van der Waals surface area contributed by atoms with Gasteiger partial charge in [-0.15, -0.1) is 34.2 Å². The maximum atomic E-state index is 4.75. The smallest absolute Gasteiger partial charge is 0.191 e. The number of guanidine groups is 1. The van der Waals surface area contributed by atoms with Crippen molar-refractivity contribution < 1.29 is 0 Å². The van der Waals surface area contributed by atoms with Gasteiger partial charge in [0.2, 0.25) is 0 Å². The minimum Gasteiger partial charge on any atom is -0.367 e. The third-order valence-electron chi connectivity index (χ3n) is 4.72. The van der Waals surface area contributed by atoms with Crippen LogP contribution in [0.15, 0.2) is 30.0 Å². The molecule has 1 fully saturated rings. The van der Waals surface area contributed by atoms with Gasteiger partial charge in [-0.3, -0.25) is 9.67 Å². The molecule has 9 nitrogen and oxygen atoms in total. The zero-order chi connectivity index (χ0) is 18.9. The second-order valence-electron chi connectivity index (χ2n) is 6.97. The van der Waals surface area contributed by atoms with E-state index in [1.165, 1.54) is 12.1 Å². The minimum atomic E-state index is 0. The second kappa shape index (κ2) is 11.9. The Morgan fingerprint density at radius 3 is 2.82 bits per heavy atom. The molecule has 0 saturated carbocycles. The van der Waals surface area contributed by atoms with Crippen LogP contribution in [-0.4, -0.2) is 62.7 Å². The van der Waals surface area contributed by atoms with E-state index >= 15 is 0 Å². The molecular weight excluding hydrogens is 469 g/mol. The summed E-state index contributed by atoms with van der Waals surface area (Å²) in [5, 5.41) is 18.9. The fourth-order valence-corrected chi connectivity index (χ4v) is 3.35. The molecule has 0 bridgehead atoms. The molecule has 0 radical (unpaired) electrons. The molecule has 1 aliphatic rings. The number of aromatic nitrogens is 5. The number of nitrogens with zero attached hydrogens (tertiary/aromatic N) is 7. The lowest BCUT2D eigenvalue weighted by atomic mass is 10.1. The van der Waals surface area contributed by atoms with Crippen LogP contribution in [0, 0.1) is 0 Å². The van der Waals surface area contributed by atoms with Gasteiger partial charge in [0.25, 0.3) is 0 Å². The van der Waals surface area contributed by atoms with E-state index in [1.807, 2.05) is 22.5 Å². The summed E-state index contributed by atoms with van der Waals surface area (Å²) in [4.78, 5) is 7.15. The Hall–Kier alpha value is -1.85. The third kappa shape index (κ3) is 6.95. The van der Waals surface area contributed by atoms with Crippen LogP contribution in [0.4, 0.5) is 5.69 Å². The SMILES string of the molecule is CCNC(=NCCCCn1cnnc1)NC1CCCN(c2cnn(C)c2)C1.I. The van der Waals surface area contributed by atoms with Gasteiger partial charge in [0, 0.05) is 52.0 Å². The number of aryl methyl sites for hydroxylation is 2. The summed E-state index contributed by atoms with van der Waals surface area (Å²) < 4.78 is 3.86. The molecule has 1 atom stereocenters. The monoisotopic (exact) mass is 501 g/mol. The number of hydrogen-bond donors (Lipinski definition) is 2. The first-order chi connectivity index (χ1) is 13.2. The molecule has 2 aromatic heterocycles. The molecule has 0 aliphatic carbocycles. The summed E-state index contributed by atoms with van der Waals surface area (Å²) in [7, 11) is 1.96. The van der Waals surface area contributed by atoms with Crippen molar-refractivity contribution in [1.82, 2.24) is 35.2 Å². The fraction of sp³-hybridized carbons (Fsp3) is 0.667. The molecule has 28 heavy (non-hydrogen) atoms. The van der Waals surface area contributed by atoms with E-state index in [9.17, 15) is 0 Å². The first-order valence-electron chi connectivity index (χ1n) is 9.85. The summed E-state index contributed by atoms with van der Waals surface area (Å²) in [6.07, 6.45) is 12.0. The van der Waals surface area contributed by atoms with Crippen LogP contribution < -0.4 is 15.5 Å². The zero-order valence-electron chi connectivity index (χ0n) is 16.8. The quantitative estimate of drug-likeness (QED) is 0.248. The van der Waals surface area contributed by atoms with Crippen molar-refractivity contribution in [3.63, 3.8) is 0 Å². The van der Waals surface area contributed by atoms with Gasteiger partial charge in [-0.1, -0.05) is 0 Å². The van der Waals surface area contributed by atoms with Crippen LogP contribution in [0.2, 0.25) is 0 Å². The van der Waals surface area contributed by atoms with Crippen LogP contribution in [0.3, 0.4) is 0 Å². The van der Waals surface area contributed by atoms with Gasteiger partial charge in [-0.2, -0.15) is 5.10 Å². The number of hydrogen-bond acceptors (Lipinski definition) is 5. The molecule has 0 amide bonds. The largest absolute Gasteiger partial charge is 0.367 e. The van der Waals surface area contributed by atoms with Crippen molar-refractivity contribution in [2.75, 3.05) is 31.1 Å². The average molecular weight is 501 g/mol. The number of unbranched alkanes of at least 4 members (excludes halogenated alkanes) is 1. The van der Waals surface area contributed by atoms with E-state index in [2.05, 4.69) is 44.0 Å². The predicted octanol–water partition coefficient (Wildman–Crippen LogP) is 1.63. The topological polar surface area (TPSA) is 88.2 Å². The highest BCUT2D eigenvalue weighted by molar-refractivity contribution is 14.0. The number of piperidine rings is 1. The van der Waals surface area contributed by atoms with Crippen molar-refractivity contribution in [1.29, 1.82) is 0 Å². The number of rotatable bonds is 8. The molecule has 3 heterocycles. The first kappa shape index (κ1) is 22.4. The van der Waals surface area contributed by atoms with Crippen LogP contribution in [0.25, 0.3) is 0 Å². The predicted molar refractivity (Wildman–Crippen MR) is 122 cm³/mol. The van der Waals surface area contributed by atoms with Gasteiger partial charge in [-0.25, -0.2) is 0 Å². The molecule has 2 aromatic rings.